The molecule has 3 heteroatoms. The molecule has 2 nitrogen and oxygen atoms in total. The van der Waals surface area contributed by atoms with E-state index in [9.17, 15) is 0 Å². The molecule has 0 amide bonds. The van der Waals surface area contributed by atoms with Gasteiger partial charge in [-0.15, -0.1) is 0 Å². The predicted molar refractivity (Wildman–Crippen MR) is 17.5 cm³/mol. The van der Waals surface area contributed by atoms with Crippen LogP contribution in [0.1, 0.15) is 0 Å². The summed E-state index contributed by atoms with van der Waals surface area (Å²) >= 11 is 4.00. The van der Waals surface area contributed by atoms with Crippen molar-refractivity contribution in [3.8, 4) is 0 Å². The molecule has 0 aliphatic carbocycles. The van der Waals surface area contributed by atoms with Crippen LogP contribution in [-0.4, -0.2) is 5.49 Å². The second kappa shape index (κ2) is 2.85. The van der Waals surface area contributed by atoms with Crippen LogP contribution in [-0.2, 0) is 5.21 Å². The number of hydrogen-bond acceptors (Lipinski definition) is 1. The van der Waals surface area contributed by atoms with Crippen molar-refractivity contribution in [3.05, 3.63) is 0 Å². The van der Waals surface area contributed by atoms with Gasteiger partial charge in [-0.05, 0) is 0 Å². The first-order valence-electron chi connectivity index (χ1n) is 0.729. The Labute approximate surface area is 29.4 Å². The van der Waals surface area contributed by atoms with E-state index in [0.29, 0.717) is 0 Å². The zero-order valence-electron chi connectivity index (χ0n) is 1.89. The van der Waals surface area contributed by atoms with Gasteiger partial charge in [0, 0.05) is 0 Å². The second-order valence-corrected chi connectivity index (χ2v) is 0.471. The standard InChI is InChI=1S/CH2NOS/c3-2-1-4/h1H,(H,2,4). The van der Waals surface area contributed by atoms with Gasteiger partial charge >= 0.3 is 0 Å². The summed E-state index contributed by atoms with van der Waals surface area (Å²) in [6.45, 7) is 0. The third-order valence-electron chi connectivity index (χ3n) is 0.0481. The van der Waals surface area contributed by atoms with E-state index in [1.165, 1.54) is 5.48 Å². The molecule has 0 aliphatic heterocycles. The number of thiocarbonyl (C=S) groups is 1. The van der Waals surface area contributed by atoms with Gasteiger partial charge in [0.15, 0.2) is 0 Å². The minimum absolute atomic E-state index is 0.903. The molecule has 0 saturated heterocycles. The molecule has 0 rings (SSSR count). The summed E-state index contributed by atoms with van der Waals surface area (Å²) in [6.07, 6.45) is 0. The third kappa shape index (κ3) is 1.85. The molecular weight excluding hydrogens is 74.1 g/mol. The largest absolute Gasteiger partial charge is 0.230 e. The molecule has 0 aromatic heterocycles. The van der Waals surface area contributed by atoms with Crippen LogP contribution in [0.3, 0.4) is 0 Å². The quantitative estimate of drug-likeness (QED) is 0.349. The minimum atomic E-state index is 0.903. The molecule has 0 bridgehead atoms. The lowest BCUT2D eigenvalue weighted by Gasteiger charge is -1.61. The van der Waals surface area contributed by atoms with Gasteiger partial charge in [0.1, 0.15) is 0 Å². The lowest BCUT2D eigenvalue weighted by molar-refractivity contribution is 0.139. The van der Waals surface area contributed by atoms with Gasteiger partial charge < -0.3 is 0 Å². The Kier molecular flexibility index (Phi) is 2.74. The monoisotopic (exact) mass is 76.0 g/mol. The highest BCUT2D eigenvalue weighted by Crippen LogP contribution is 1.29. The fraction of sp³-hybridized carbons (Fsp3) is 0. The van der Waals surface area contributed by atoms with E-state index in [4.69, 9.17) is 5.21 Å². The molecule has 0 heterocycles. The van der Waals surface area contributed by atoms with Crippen LogP contribution in [0, 0.1) is 0 Å². The van der Waals surface area contributed by atoms with Crippen molar-refractivity contribution in [1.82, 2.24) is 5.48 Å². The van der Waals surface area contributed by atoms with Crippen molar-refractivity contribution in [2.24, 2.45) is 0 Å². The Morgan fingerprint density at radius 3 is 2.25 bits per heavy atom. The summed E-state index contributed by atoms with van der Waals surface area (Å²) in [4.78, 5) is 0. The van der Waals surface area contributed by atoms with Gasteiger partial charge in [-0.3, -0.25) is 0 Å². The van der Waals surface area contributed by atoms with Crippen LogP contribution < -0.4 is 5.48 Å². The molecule has 0 atom stereocenters. The lowest BCUT2D eigenvalue weighted by atomic mass is 11.5. The molecule has 0 aliphatic rings. The summed E-state index contributed by atoms with van der Waals surface area (Å²) < 4.78 is 0. The summed E-state index contributed by atoms with van der Waals surface area (Å²) in [5.74, 6) is 0. The average Bonchev–Trinajstić information content (AvgIpc) is 1.37. The molecule has 0 unspecified atom stereocenters. The summed E-state index contributed by atoms with van der Waals surface area (Å²) in [5, 5.41) is 8.89. The third-order valence-corrected chi connectivity index (χ3v) is 0.144. The van der Waals surface area contributed by atoms with Gasteiger partial charge in [0.05, 0.1) is 5.49 Å². The van der Waals surface area contributed by atoms with E-state index in [1.54, 1.807) is 0 Å². The number of rotatable bonds is 1. The Morgan fingerprint density at radius 2 is 2.25 bits per heavy atom. The minimum Gasteiger partial charge on any atom is -0.230 e. The number of hydroxylamine groups is 1. The molecule has 0 saturated carbocycles. The highest BCUT2D eigenvalue weighted by atomic mass is 32.1. The first-order chi connectivity index (χ1) is 1.91. The molecule has 23 valence electrons. The molecule has 0 fully saturated rings. The Bertz CT molecular complexity index is 22.0. The Balaban J connectivity index is 2.30. The molecule has 0 aromatic rings. The topological polar surface area (TPSA) is 31.9 Å². The van der Waals surface area contributed by atoms with Crippen LogP contribution in [0.2, 0.25) is 0 Å². The highest BCUT2D eigenvalue weighted by Gasteiger charge is 1.43. The average molecular weight is 76.1 g/mol. The van der Waals surface area contributed by atoms with E-state index in [2.05, 4.69) is 12.2 Å². The fourth-order valence-corrected chi connectivity index (χ4v) is 0. The maximum Gasteiger partial charge on any atom is 0.0903 e. The first-order valence-corrected chi connectivity index (χ1v) is 1.20. The van der Waals surface area contributed by atoms with E-state index in [1.807, 2.05) is 0 Å². The van der Waals surface area contributed by atoms with Gasteiger partial charge in [-0.2, -0.15) is 0 Å². The molecule has 1 N–H and O–H groups in total. The molecule has 0 spiro atoms. The van der Waals surface area contributed by atoms with Crippen LogP contribution in [0.15, 0.2) is 0 Å². The summed E-state index contributed by atoms with van der Waals surface area (Å²) in [5.41, 5.74) is 2.27. The van der Waals surface area contributed by atoms with Crippen molar-refractivity contribution >= 4 is 17.7 Å². The van der Waals surface area contributed by atoms with Crippen LogP contribution in [0.25, 0.3) is 0 Å². The van der Waals surface area contributed by atoms with Gasteiger partial charge in [0.25, 0.3) is 0 Å². The normalized spacial score (nSPS) is 5.25. The van der Waals surface area contributed by atoms with Crippen molar-refractivity contribution < 1.29 is 5.21 Å². The van der Waals surface area contributed by atoms with Crippen molar-refractivity contribution in [2.75, 3.05) is 0 Å². The van der Waals surface area contributed by atoms with Gasteiger partial charge in [-0.25, -0.2) is 5.48 Å². The maximum absolute atomic E-state index is 8.89. The second-order valence-electron chi connectivity index (χ2n) is 0.236. The van der Waals surface area contributed by atoms with Gasteiger partial charge in [0.2, 0.25) is 0 Å². The lowest BCUT2D eigenvalue weighted by Crippen LogP contribution is -1.94. The van der Waals surface area contributed by atoms with Crippen LogP contribution in [0.5, 0.6) is 0 Å². The Hall–Kier alpha value is -0.150. The predicted octanol–water partition coefficient (Wildman–Crippen LogP) is -0.121. The SMILES string of the molecule is [O]NC=S. The summed E-state index contributed by atoms with van der Waals surface area (Å²) in [6, 6.07) is 0. The molecule has 1 radical (unpaired) electrons. The van der Waals surface area contributed by atoms with Gasteiger partial charge in [-0.1, -0.05) is 17.4 Å². The summed E-state index contributed by atoms with van der Waals surface area (Å²) in [7, 11) is 0. The van der Waals surface area contributed by atoms with Crippen molar-refractivity contribution in [3.63, 3.8) is 0 Å². The first kappa shape index (κ1) is 3.85. The van der Waals surface area contributed by atoms with Crippen LogP contribution >= 0.6 is 12.2 Å². The Morgan fingerprint density at radius 1 is 2.00 bits per heavy atom. The van der Waals surface area contributed by atoms with E-state index >= 15 is 0 Å². The van der Waals surface area contributed by atoms with E-state index < -0.39 is 0 Å². The van der Waals surface area contributed by atoms with E-state index in [0.717, 1.165) is 5.49 Å². The molecular formula is CH2NOS. The smallest absolute Gasteiger partial charge is 0.0903 e. The fourth-order valence-electron chi connectivity index (χ4n) is 0. The number of nitrogens with one attached hydrogen (secondary N) is 1. The highest BCUT2D eigenvalue weighted by molar-refractivity contribution is 7.78. The zero-order chi connectivity index (χ0) is 3.41. The van der Waals surface area contributed by atoms with Crippen molar-refractivity contribution in [2.45, 2.75) is 0 Å². The van der Waals surface area contributed by atoms with Crippen molar-refractivity contribution in [1.29, 1.82) is 0 Å². The molecule has 0 aromatic carbocycles. The zero-order valence-corrected chi connectivity index (χ0v) is 2.71. The number of hydrogen-bond donors (Lipinski definition) is 1. The molecule has 4 heavy (non-hydrogen) atoms. The van der Waals surface area contributed by atoms with Crippen LogP contribution in [0.4, 0.5) is 0 Å². The van der Waals surface area contributed by atoms with E-state index in [-0.39, 0.29) is 0 Å². The maximum atomic E-state index is 8.89.